The van der Waals surface area contributed by atoms with Crippen LogP contribution in [0.4, 0.5) is 15.9 Å². The molecule has 3 aromatic rings. The number of anilines is 2. The van der Waals surface area contributed by atoms with Crippen molar-refractivity contribution in [3.63, 3.8) is 0 Å². The molecule has 0 radical (unpaired) electrons. The summed E-state index contributed by atoms with van der Waals surface area (Å²) in [5.41, 5.74) is 5.97. The minimum atomic E-state index is -2.99. The second-order valence-electron chi connectivity index (χ2n) is 7.17. The lowest BCUT2D eigenvalue weighted by molar-refractivity contribution is 0.442. The molecular formula is C19H19ClFN5O2S. The number of rotatable bonds is 3. The van der Waals surface area contributed by atoms with E-state index in [1.54, 1.807) is 37.4 Å². The second-order valence-corrected chi connectivity index (χ2v) is 9.79. The Kier molecular flexibility index (Phi) is 4.86. The smallest absolute Gasteiger partial charge is 0.156 e. The maximum Gasteiger partial charge on any atom is 0.156 e. The van der Waals surface area contributed by atoms with Crippen molar-refractivity contribution in [2.45, 2.75) is 12.5 Å². The zero-order chi connectivity index (χ0) is 20.8. The molecule has 0 amide bonds. The lowest BCUT2D eigenvalue weighted by Gasteiger charge is -2.43. The quantitative estimate of drug-likeness (QED) is 0.481. The van der Waals surface area contributed by atoms with Crippen LogP contribution in [0.1, 0.15) is 12.5 Å². The lowest BCUT2D eigenvalue weighted by Crippen LogP contribution is -2.40. The topological polar surface area (TPSA) is 117 Å². The molecule has 1 aliphatic rings. The van der Waals surface area contributed by atoms with Crippen molar-refractivity contribution >= 4 is 50.4 Å². The standard InChI is InChI=1S/C19H19ClFN5O2S/c1-19(10-29(27,28)9-16(22)26-19)14-7-13(2-3-15(14)21)25-18-17-11(4-5-23-18)6-12(20)8-24-17/h2-8,27-28H,9-10H2,1H3,(H2,22,26)(H,23,25)/t19-/m0/s1. The van der Waals surface area contributed by atoms with Crippen LogP contribution >= 0.6 is 22.2 Å². The average molecular weight is 436 g/mol. The van der Waals surface area contributed by atoms with E-state index in [1.807, 2.05) is 0 Å². The van der Waals surface area contributed by atoms with Crippen molar-refractivity contribution in [2.24, 2.45) is 10.7 Å². The number of nitrogens with one attached hydrogen (secondary N) is 1. The Hall–Kier alpha value is -2.46. The van der Waals surface area contributed by atoms with Crippen molar-refractivity contribution in [3.05, 3.63) is 59.1 Å². The summed E-state index contributed by atoms with van der Waals surface area (Å²) in [6, 6.07) is 8.00. The Morgan fingerprint density at radius 3 is 2.79 bits per heavy atom. The summed E-state index contributed by atoms with van der Waals surface area (Å²) in [6.45, 7) is 1.63. The Balaban J connectivity index is 1.74. The van der Waals surface area contributed by atoms with Gasteiger partial charge in [-0.2, -0.15) is 10.6 Å². The summed E-state index contributed by atoms with van der Waals surface area (Å²) in [5.74, 6) is -0.141. The predicted molar refractivity (Wildman–Crippen MR) is 116 cm³/mol. The van der Waals surface area contributed by atoms with E-state index in [2.05, 4.69) is 20.3 Å². The molecule has 0 saturated carbocycles. The van der Waals surface area contributed by atoms with E-state index in [4.69, 9.17) is 17.3 Å². The Bertz CT molecular complexity index is 1140. The number of hydrogen-bond acceptors (Lipinski definition) is 7. The largest absolute Gasteiger partial charge is 0.386 e. The van der Waals surface area contributed by atoms with Crippen LogP contribution in [0.15, 0.2) is 47.7 Å². The molecule has 0 bridgehead atoms. The minimum Gasteiger partial charge on any atom is -0.386 e. The van der Waals surface area contributed by atoms with Crippen molar-refractivity contribution in [3.8, 4) is 0 Å². The fraction of sp³-hybridized carbons (Fsp3) is 0.211. The van der Waals surface area contributed by atoms with Crippen molar-refractivity contribution in [2.75, 3.05) is 16.8 Å². The molecule has 0 spiro atoms. The Labute approximate surface area is 173 Å². The number of halogens is 2. The monoisotopic (exact) mass is 435 g/mol. The van der Waals surface area contributed by atoms with Gasteiger partial charge >= 0.3 is 0 Å². The Morgan fingerprint density at radius 2 is 2.03 bits per heavy atom. The van der Waals surface area contributed by atoms with Gasteiger partial charge in [-0.3, -0.25) is 19.1 Å². The molecular weight excluding hydrogens is 417 g/mol. The van der Waals surface area contributed by atoms with Gasteiger partial charge in [0.2, 0.25) is 0 Å². The molecule has 0 fully saturated rings. The third-order valence-corrected chi connectivity index (χ3v) is 6.65. The maximum atomic E-state index is 14.7. The summed E-state index contributed by atoms with van der Waals surface area (Å²) >= 11 is 6.00. The van der Waals surface area contributed by atoms with Crippen LogP contribution in [0.2, 0.25) is 5.02 Å². The number of amidine groups is 1. The first-order valence-electron chi connectivity index (χ1n) is 8.70. The molecule has 0 aliphatic carbocycles. The Morgan fingerprint density at radius 1 is 1.24 bits per heavy atom. The van der Waals surface area contributed by atoms with E-state index >= 15 is 0 Å². The molecule has 10 heteroatoms. The van der Waals surface area contributed by atoms with Gasteiger partial charge in [-0.15, -0.1) is 0 Å². The van der Waals surface area contributed by atoms with Crippen LogP contribution in [0, 0.1) is 5.82 Å². The summed E-state index contributed by atoms with van der Waals surface area (Å²) in [7, 11) is -2.99. The zero-order valence-corrected chi connectivity index (χ0v) is 17.0. The summed E-state index contributed by atoms with van der Waals surface area (Å²) in [4.78, 5) is 13.0. The molecule has 7 nitrogen and oxygen atoms in total. The van der Waals surface area contributed by atoms with Gasteiger partial charge in [0.15, 0.2) is 5.82 Å². The molecule has 1 aliphatic heterocycles. The van der Waals surface area contributed by atoms with Gasteiger partial charge in [0.1, 0.15) is 22.7 Å². The molecule has 1 aromatic carbocycles. The van der Waals surface area contributed by atoms with Gasteiger partial charge in [0.25, 0.3) is 0 Å². The number of aromatic nitrogens is 2. The van der Waals surface area contributed by atoms with Gasteiger partial charge in [-0.05, 0) is 37.3 Å². The van der Waals surface area contributed by atoms with Gasteiger partial charge in [0.05, 0.1) is 16.5 Å². The van der Waals surface area contributed by atoms with Crippen LogP contribution in [0.5, 0.6) is 0 Å². The summed E-state index contributed by atoms with van der Waals surface area (Å²) in [5, 5.41) is 4.46. The highest BCUT2D eigenvalue weighted by molar-refractivity contribution is 8.24. The third-order valence-electron chi connectivity index (χ3n) is 4.66. The molecule has 0 saturated heterocycles. The highest BCUT2D eigenvalue weighted by atomic mass is 35.5. The highest BCUT2D eigenvalue weighted by Crippen LogP contribution is 2.49. The normalized spacial score (nSPS) is 22.2. The molecule has 5 N–H and O–H groups in total. The summed E-state index contributed by atoms with van der Waals surface area (Å²) in [6.07, 6.45) is 3.15. The van der Waals surface area contributed by atoms with Crippen LogP contribution in [0.3, 0.4) is 0 Å². The predicted octanol–water partition coefficient (Wildman–Crippen LogP) is 4.50. The van der Waals surface area contributed by atoms with Crippen molar-refractivity contribution in [1.82, 2.24) is 9.97 Å². The van der Waals surface area contributed by atoms with Gasteiger partial charge in [-0.25, -0.2) is 9.37 Å². The van der Waals surface area contributed by atoms with E-state index in [9.17, 15) is 13.5 Å². The highest BCUT2D eigenvalue weighted by Gasteiger charge is 2.39. The number of benzene rings is 1. The lowest BCUT2D eigenvalue weighted by atomic mass is 9.93. The molecule has 3 heterocycles. The summed E-state index contributed by atoms with van der Waals surface area (Å²) < 4.78 is 35.1. The first-order chi connectivity index (χ1) is 13.7. The molecule has 1 atom stereocenters. The number of nitrogens with zero attached hydrogens (tertiary/aromatic N) is 3. The minimum absolute atomic E-state index is 0.0910. The number of aliphatic imine (C=N–C) groups is 1. The molecule has 29 heavy (non-hydrogen) atoms. The maximum absolute atomic E-state index is 14.7. The van der Waals surface area contributed by atoms with Gasteiger partial charge in [-0.1, -0.05) is 11.6 Å². The first-order valence-corrected chi connectivity index (χ1v) is 11.0. The number of pyridine rings is 2. The third kappa shape index (κ3) is 3.99. The molecule has 4 rings (SSSR count). The van der Waals surface area contributed by atoms with E-state index in [0.29, 0.717) is 22.0 Å². The van der Waals surface area contributed by atoms with Crippen molar-refractivity contribution in [1.29, 1.82) is 0 Å². The number of nitrogens with two attached hydrogens (primary N) is 1. The first kappa shape index (κ1) is 19.8. The van der Waals surface area contributed by atoms with Crippen LogP contribution in [-0.4, -0.2) is 36.4 Å². The van der Waals surface area contributed by atoms with E-state index < -0.39 is 21.9 Å². The molecule has 0 unspecified atom stereocenters. The van der Waals surface area contributed by atoms with Crippen molar-refractivity contribution < 1.29 is 13.5 Å². The average Bonchev–Trinajstić information content (AvgIpc) is 2.61. The number of hydrogen-bond donors (Lipinski definition) is 4. The van der Waals surface area contributed by atoms with Crippen LogP contribution < -0.4 is 11.1 Å². The van der Waals surface area contributed by atoms with Crippen LogP contribution in [-0.2, 0) is 5.54 Å². The van der Waals surface area contributed by atoms with Crippen LogP contribution in [0.25, 0.3) is 10.9 Å². The zero-order valence-electron chi connectivity index (χ0n) is 15.4. The molecule has 152 valence electrons. The number of fused-ring (bicyclic) bond motifs is 1. The second kappa shape index (κ2) is 7.10. The van der Waals surface area contributed by atoms with E-state index in [0.717, 1.165) is 5.39 Å². The SMILES string of the molecule is C[C@@]1(c2cc(Nc3nccc4cc(Cl)cnc34)ccc2F)CS(O)(O)CC(N)=N1. The fourth-order valence-electron chi connectivity index (χ4n) is 3.53. The fourth-order valence-corrected chi connectivity index (χ4v) is 5.46. The molecule has 2 aromatic heterocycles. The van der Waals surface area contributed by atoms with Gasteiger partial charge < -0.3 is 11.1 Å². The van der Waals surface area contributed by atoms with E-state index in [-0.39, 0.29) is 22.9 Å². The van der Waals surface area contributed by atoms with E-state index in [1.165, 1.54) is 12.3 Å². The van der Waals surface area contributed by atoms with Gasteiger partial charge in [0, 0.05) is 29.0 Å².